The fourth-order valence-electron chi connectivity index (χ4n) is 11.6. The van der Waals surface area contributed by atoms with Gasteiger partial charge in [-0.05, 0) is 160 Å². The molecule has 0 radical (unpaired) electrons. The number of anilines is 6. The SMILES string of the molecule is CC(C)c1ccc(N(c2ccc3c(-c4ccccc4)c4cc(N(c5ccc(C(C)C)cc5)c5cc6ccccc6c6ccccc56)ccc4c(-c4ccccc4)c3c2)c2cc3ccccc3c3ccccc23)cc1. The number of hydrogen-bond acceptors (Lipinski definition) is 2. The summed E-state index contributed by atoms with van der Waals surface area (Å²) in [5.74, 6) is 0.838. The summed E-state index contributed by atoms with van der Waals surface area (Å²) in [7, 11) is 0. The van der Waals surface area contributed by atoms with Crippen LogP contribution in [0.1, 0.15) is 50.7 Å². The number of nitrogens with zero attached hydrogens (tertiary/aromatic N) is 2. The van der Waals surface area contributed by atoms with Crippen molar-refractivity contribution in [3.05, 3.63) is 266 Å². The van der Waals surface area contributed by atoms with Crippen LogP contribution in [0.15, 0.2) is 255 Å². The molecule has 0 spiro atoms. The van der Waals surface area contributed by atoms with Crippen LogP contribution < -0.4 is 9.80 Å². The van der Waals surface area contributed by atoms with E-state index in [2.05, 4.69) is 292 Å². The Morgan fingerprint density at radius 3 is 0.946 bits per heavy atom. The van der Waals surface area contributed by atoms with E-state index in [0.29, 0.717) is 11.8 Å². The fourth-order valence-corrected chi connectivity index (χ4v) is 11.6. The number of fused-ring (bicyclic) bond motifs is 8. The van der Waals surface area contributed by atoms with Gasteiger partial charge in [0.1, 0.15) is 0 Å². The first kappa shape index (κ1) is 44.9. The summed E-state index contributed by atoms with van der Waals surface area (Å²) in [5, 5.41) is 14.6. The Kier molecular flexibility index (Phi) is 11.3. The minimum Gasteiger partial charge on any atom is -0.310 e. The Hall–Kier alpha value is -8.98. The minimum absolute atomic E-state index is 0.419. The second-order valence-electron chi connectivity index (χ2n) is 20.4. The van der Waals surface area contributed by atoms with Crippen molar-refractivity contribution in [3.8, 4) is 22.3 Å². The second-order valence-corrected chi connectivity index (χ2v) is 20.4. The van der Waals surface area contributed by atoms with Crippen LogP contribution in [0.4, 0.5) is 34.1 Å². The zero-order valence-electron chi connectivity index (χ0n) is 42.3. The van der Waals surface area contributed by atoms with Crippen molar-refractivity contribution in [2.24, 2.45) is 0 Å². The molecule has 74 heavy (non-hydrogen) atoms. The smallest absolute Gasteiger partial charge is 0.0546 e. The lowest BCUT2D eigenvalue weighted by Crippen LogP contribution is -2.11. The summed E-state index contributed by atoms with van der Waals surface area (Å²) in [6.45, 7) is 9.07. The standard InChI is InChI=1S/C72H56N2/c1-47(2)49-31-35-55(36-32-49)73(69-43-53-23-11-13-25-59(53)61-27-15-17-29-63(61)69)57-39-41-65-67(45-57)71(51-19-7-5-8-20-51)66-42-40-58(46-68(66)72(65)52-21-9-6-10-22-52)74(56-37-33-50(34-38-56)48(3)4)70-44-54-24-12-14-26-60(54)62-28-16-18-30-64(62)70/h5-48H,1-4H3. The van der Waals surface area contributed by atoms with Crippen LogP contribution in [-0.4, -0.2) is 0 Å². The Balaban J connectivity index is 1.11. The molecule has 0 saturated heterocycles. The molecule has 0 unspecified atom stereocenters. The Morgan fingerprint density at radius 2 is 0.568 bits per heavy atom. The second kappa shape index (κ2) is 18.6. The quantitative estimate of drug-likeness (QED) is 0.0996. The molecule has 13 aromatic carbocycles. The average molecular weight is 949 g/mol. The van der Waals surface area contributed by atoms with Crippen molar-refractivity contribution in [2.45, 2.75) is 39.5 Å². The van der Waals surface area contributed by atoms with Crippen molar-refractivity contribution in [3.63, 3.8) is 0 Å². The summed E-state index contributed by atoms with van der Waals surface area (Å²) in [6, 6.07) is 95.0. The maximum absolute atomic E-state index is 2.49. The van der Waals surface area contributed by atoms with Gasteiger partial charge in [-0.1, -0.05) is 222 Å². The molecule has 0 saturated carbocycles. The third kappa shape index (κ3) is 7.74. The van der Waals surface area contributed by atoms with Crippen molar-refractivity contribution < 1.29 is 0 Å². The summed E-state index contributed by atoms with van der Waals surface area (Å²) >= 11 is 0. The van der Waals surface area contributed by atoms with Gasteiger partial charge in [-0.25, -0.2) is 0 Å². The highest BCUT2D eigenvalue weighted by Crippen LogP contribution is 2.50. The van der Waals surface area contributed by atoms with Crippen molar-refractivity contribution >= 4 is 98.8 Å². The zero-order chi connectivity index (χ0) is 49.9. The summed E-state index contributed by atoms with van der Waals surface area (Å²) in [6.07, 6.45) is 0. The van der Waals surface area contributed by atoms with Gasteiger partial charge in [0.15, 0.2) is 0 Å². The summed E-state index contributed by atoms with van der Waals surface area (Å²) in [5.41, 5.74) is 14.2. The molecule has 13 aromatic rings. The van der Waals surface area contributed by atoms with E-state index in [1.165, 1.54) is 98.0 Å². The molecule has 0 N–H and O–H groups in total. The van der Waals surface area contributed by atoms with E-state index >= 15 is 0 Å². The lowest BCUT2D eigenvalue weighted by atomic mass is 9.85. The topological polar surface area (TPSA) is 6.48 Å². The summed E-state index contributed by atoms with van der Waals surface area (Å²) < 4.78 is 0. The molecule has 0 aliphatic carbocycles. The molecule has 0 heterocycles. The number of benzene rings is 13. The third-order valence-corrected chi connectivity index (χ3v) is 15.3. The lowest BCUT2D eigenvalue weighted by Gasteiger charge is -2.30. The van der Waals surface area contributed by atoms with Crippen molar-refractivity contribution in [1.82, 2.24) is 0 Å². The van der Waals surface area contributed by atoms with Crippen LogP contribution in [-0.2, 0) is 0 Å². The first-order valence-electron chi connectivity index (χ1n) is 26.1. The van der Waals surface area contributed by atoms with E-state index in [-0.39, 0.29) is 0 Å². The predicted molar refractivity (Wildman–Crippen MR) is 320 cm³/mol. The van der Waals surface area contributed by atoms with Gasteiger partial charge in [-0.15, -0.1) is 0 Å². The van der Waals surface area contributed by atoms with Gasteiger partial charge in [0, 0.05) is 33.5 Å². The molecular weight excluding hydrogens is 893 g/mol. The number of hydrogen-bond donors (Lipinski definition) is 0. The Bertz CT molecular complexity index is 3950. The van der Waals surface area contributed by atoms with Crippen LogP contribution in [0.25, 0.3) is 86.9 Å². The molecule has 0 aliphatic heterocycles. The molecule has 354 valence electrons. The molecule has 2 nitrogen and oxygen atoms in total. The molecule has 13 rings (SSSR count). The van der Waals surface area contributed by atoms with E-state index in [1.807, 2.05) is 0 Å². The van der Waals surface area contributed by atoms with Crippen LogP contribution in [0.5, 0.6) is 0 Å². The number of rotatable bonds is 10. The molecule has 2 heteroatoms. The lowest BCUT2D eigenvalue weighted by molar-refractivity contribution is 0.866. The highest BCUT2D eigenvalue weighted by atomic mass is 15.1. The maximum atomic E-state index is 2.49. The van der Waals surface area contributed by atoms with Gasteiger partial charge in [-0.3, -0.25) is 0 Å². The van der Waals surface area contributed by atoms with Crippen molar-refractivity contribution in [1.29, 1.82) is 0 Å². The van der Waals surface area contributed by atoms with Gasteiger partial charge >= 0.3 is 0 Å². The summed E-state index contributed by atoms with van der Waals surface area (Å²) in [4.78, 5) is 4.97. The maximum Gasteiger partial charge on any atom is 0.0546 e. The highest BCUT2D eigenvalue weighted by molar-refractivity contribution is 6.23. The van der Waals surface area contributed by atoms with Gasteiger partial charge in [0.05, 0.1) is 11.4 Å². The molecule has 0 amide bonds. The van der Waals surface area contributed by atoms with Gasteiger partial charge in [0.2, 0.25) is 0 Å². The molecule has 0 bridgehead atoms. The highest BCUT2D eigenvalue weighted by Gasteiger charge is 2.24. The zero-order valence-corrected chi connectivity index (χ0v) is 42.3. The third-order valence-electron chi connectivity index (χ3n) is 15.3. The van der Waals surface area contributed by atoms with Crippen molar-refractivity contribution in [2.75, 3.05) is 9.80 Å². The van der Waals surface area contributed by atoms with E-state index in [4.69, 9.17) is 0 Å². The minimum atomic E-state index is 0.419. The van der Waals surface area contributed by atoms with E-state index < -0.39 is 0 Å². The van der Waals surface area contributed by atoms with Gasteiger partial charge in [0.25, 0.3) is 0 Å². The average Bonchev–Trinajstić information content (AvgIpc) is 3.46. The Labute approximate surface area is 434 Å². The van der Waals surface area contributed by atoms with E-state index in [1.54, 1.807) is 0 Å². The molecule has 0 aliphatic rings. The molecule has 0 atom stereocenters. The Morgan fingerprint density at radius 1 is 0.243 bits per heavy atom. The van der Waals surface area contributed by atoms with E-state index in [9.17, 15) is 0 Å². The fraction of sp³-hybridized carbons (Fsp3) is 0.0833. The molecule has 0 aromatic heterocycles. The first-order chi connectivity index (χ1) is 36.4. The molecular formula is C72H56N2. The van der Waals surface area contributed by atoms with Crippen LogP contribution in [0.2, 0.25) is 0 Å². The normalized spacial score (nSPS) is 11.8. The van der Waals surface area contributed by atoms with E-state index in [0.717, 1.165) is 34.1 Å². The van der Waals surface area contributed by atoms with Crippen LogP contribution in [0, 0.1) is 0 Å². The van der Waals surface area contributed by atoms with Gasteiger partial charge in [-0.2, -0.15) is 0 Å². The van der Waals surface area contributed by atoms with Crippen LogP contribution >= 0.6 is 0 Å². The van der Waals surface area contributed by atoms with Crippen LogP contribution in [0.3, 0.4) is 0 Å². The molecule has 0 fully saturated rings. The van der Waals surface area contributed by atoms with Gasteiger partial charge < -0.3 is 9.80 Å². The predicted octanol–water partition coefficient (Wildman–Crippen LogP) is 21.1. The largest absolute Gasteiger partial charge is 0.310 e. The monoisotopic (exact) mass is 948 g/mol. The first-order valence-corrected chi connectivity index (χ1v) is 26.1.